The summed E-state index contributed by atoms with van der Waals surface area (Å²) in [5.41, 5.74) is 3.13. The molecule has 3 heterocycles. The number of nitrogens with zero attached hydrogens (tertiary/aromatic N) is 4. The van der Waals surface area contributed by atoms with Crippen molar-refractivity contribution in [2.45, 2.75) is 32.6 Å². The number of thiazole rings is 1. The van der Waals surface area contributed by atoms with Gasteiger partial charge in [0.25, 0.3) is 0 Å². The lowest BCUT2D eigenvalue weighted by Gasteiger charge is -2.35. The van der Waals surface area contributed by atoms with Gasteiger partial charge in [-0.2, -0.15) is 0 Å². The first-order valence-electron chi connectivity index (χ1n) is 12.0. The first-order chi connectivity index (χ1) is 16.5. The van der Waals surface area contributed by atoms with E-state index in [4.69, 9.17) is 16.6 Å². The fourth-order valence-electron chi connectivity index (χ4n) is 4.74. The summed E-state index contributed by atoms with van der Waals surface area (Å²) in [7, 11) is 0. The van der Waals surface area contributed by atoms with Gasteiger partial charge < -0.3 is 14.7 Å². The van der Waals surface area contributed by atoms with Crippen LogP contribution in [0, 0.1) is 5.92 Å². The summed E-state index contributed by atoms with van der Waals surface area (Å²) >= 11 is 7.74. The molecule has 6 nitrogen and oxygen atoms in total. The number of piperazine rings is 1. The summed E-state index contributed by atoms with van der Waals surface area (Å²) in [5, 5.41) is 1.68. The Morgan fingerprint density at radius 2 is 1.88 bits per heavy atom. The van der Waals surface area contributed by atoms with Crippen molar-refractivity contribution in [1.82, 2.24) is 9.88 Å². The van der Waals surface area contributed by atoms with Crippen LogP contribution >= 0.6 is 22.9 Å². The highest BCUT2D eigenvalue weighted by Gasteiger charge is 2.38. The lowest BCUT2D eigenvalue weighted by atomic mass is 10.1. The van der Waals surface area contributed by atoms with E-state index in [-0.39, 0.29) is 24.2 Å². The topological polar surface area (TPSA) is 56.8 Å². The van der Waals surface area contributed by atoms with Crippen LogP contribution in [0.15, 0.2) is 42.5 Å². The molecule has 0 N–H and O–H groups in total. The molecule has 2 aromatic carbocycles. The second-order valence-corrected chi connectivity index (χ2v) is 10.5. The minimum Gasteiger partial charge on any atom is -0.345 e. The van der Waals surface area contributed by atoms with Crippen LogP contribution in [0.25, 0.3) is 10.2 Å². The van der Waals surface area contributed by atoms with Gasteiger partial charge in [-0.05, 0) is 48.7 Å². The predicted octanol–water partition coefficient (Wildman–Crippen LogP) is 4.99. The van der Waals surface area contributed by atoms with Crippen molar-refractivity contribution in [2.24, 2.45) is 5.92 Å². The van der Waals surface area contributed by atoms with Crippen molar-refractivity contribution >= 4 is 55.8 Å². The highest BCUT2D eigenvalue weighted by atomic mass is 35.5. The normalized spacial score (nSPS) is 18.8. The zero-order chi connectivity index (χ0) is 23.7. The minimum atomic E-state index is -0.275. The number of carbonyl (C=O) groups is 2. The zero-order valence-electron chi connectivity index (χ0n) is 19.4. The maximum absolute atomic E-state index is 13.2. The largest absolute Gasteiger partial charge is 0.345 e. The molecule has 2 saturated heterocycles. The number of carbonyl (C=O) groups excluding carboxylic acids is 2. The fourth-order valence-corrected chi connectivity index (χ4v) is 6.04. The molecule has 8 heteroatoms. The SMILES string of the molecule is CCCCc1ccc(N2CC(C(=O)N3CCN(c4nc5ccc(Cl)cc5s4)CC3)CC2=O)cc1. The van der Waals surface area contributed by atoms with Crippen molar-refractivity contribution in [2.75, 3.05) is 42.5 Å². The second-order valence-electron chi connectivity index (χ2n) is 9.10. The number of halogens is 1. The molecule has 0 aliphatic carbocycles. The van der Waals surface area contributed by atoms with E-state index in [2.05, 4.69) is 24.0 Å². The molecule has 2 aliphatic heterocycles. The first-order valence-corrected chi connectivity index (χ1v) is 13.2. The summed E-state index contributed by atoms with van der Waals surface area (Å²) in [6.07, 6.45) is 3.68. The average Bonchev–Trinajstić information content (AvgIpc) is 3.46. The number of benzene rings is 2. The number of hydrogen-bond donors (Lipinski definition) is 0. The maximum atomic E-state index is 13.2. The van der Waals surface area contributed by atoms with E-state index in [9.17, 15) is 9.59 Å². The molecule has 178 valence electrons. The van der Waals surface area contributed by atoms with Gasteiger partial charge in [0, 0.05) is 49.9 Å². The molecule has 3 aromatic rings. The summed E-state index contributed by atoms with van der Waals surface area (Å²) in [6, 6.07) is 14.0. The molecule has 1 atom stereocenters. The van der Waals surface area contributed by atoms with Gasteiger partial charge in [0.15, 0.2) is 5.13 Å². The highest BCUT2D eigenvalue weighted by Crippen LogP contribution is 2.32. The Hall–Kier alpha value is -2.64. The molecule has 2 aliphatic rings. The van der Waals surface area contributed by atoms with Crippen molar-refractivity contribution < 1.29 is 9.59 Å². The molecule has 34 heavy (non-hydrogen) atoms. The molecule has 1 unspecified atom stereocenters. The van der Waals surface area contributed by atoms with E-state index in [1.165, 1.54) is 18.4 Å². The van der Waals surface area contributed by atoms with Crippen molar-refractivity contribution in [3.05, 3.63) is 53.1 Å². The third-order valence-electron chi connectivity index (χ3n) is 6.74. The quantitative estimate of drug-likeness (QED) is 0.482. The van der Waals surface area contributed by atoms with Gasteiger partial charge >= 0.3 is 0 Å². The van der Waals surface area contributed by atoms with E-state index in [0.29, 0.717) is 24.7 Å². The van der Waals surface area contributed by atoms with Crippen LogP contribution < -0.4 is 9.80 Å². The molecular formula is C26H29ClN4O2S. The van der Waals surface area contributed by atoms with Gasteiger partial charge in [-0.1, -0.05) is 48.4 Å². The minimum absolute atomic E-state index is 0.0337. The second kappa shape index (κ2) is 9.92. The Morgan fingerprint density at radius 1 is 1.12 bits per heavy atom. The van der Waals surface area contributed by atoms with E-state index in [1.54, 1.807) is 16.2 Å². The van der Waals surface area contributed by atoms with Crippen LogP contribution in [0.3, 0.4) is 0 Å². The van der Waals surface area contributed by atoms with Gasteiger partial charge in [-0.3, -0.25) is 9.59 Å². The van der Waals surface area contributed by atoms with E-state index >= 15 is 0 Å². The highest BCUT2D eigenvalue weighted by molar-refractivity contribution is 7.22. The van der Waals surface area contributed by atoms with Crippen LogP contribution in [0.1, 0.15) is 31.7 Å². The third kappa shape index (κ3) is 4.77. The van der Waals surface area contributed by atoms with E-state index in [1.807, 2.05) is 35.2 Å². The number of fused-ring (bicyclic) bond motifs is 1. The molecule has 2 amide bonds. The van der Waals surface area contributed by atoms with Crippen LogP contribution in [-0.4, -0.2) is 54.4 Å². The maximum Gasteiger partial charge on any atom is 0.228 e. The van der Waals surface area contributed by atoms with Crippen molar-refractivity contribution in [3.8, 4) is 0 Å². The Kier molecular flexibility index (Phi) is 6.75. The lowest BCUT2D eigenvalue weighted by Crippen LogP contribution is -2.50. The number of amides is 2. The van der Waals surface area contributed by atoms with Crippen molar-refractivity contribution in [3.63, 3.8) is 0 Å². The Bertz CT molecular complexity index is 1190. The Morgan fingerprint density at radius 3 is 2.62 bits per heavy atom. The van der Waals surface area contributed by atoms with E-state index in [0.717, 1.165) is 40.5 Å². The summed E-state index contributed by atoms with van der Waals surface area (Å²) in [4.78, 5) is 36.6. The fraction of sp³-hybridized carbons (Fsp3) is 0.423. The monoisotopic (exact) mass is 496 g/mol. The number of aromatic nitrogens is 1. The van der Waals surface area contributed by atoms with Crippen LogP contribution in [-0.2, 0) is 16.0 Å². The molecule has 1 aromatic heterocycles. The zero-order valence-corrected chi connectivity index (χ0v) is 20.9. The summed E-state index contributed by atoms with van der Waals surface area (Å²) in [5.74, 6) is -0.152. The third-order valence-corrected chi connectivity index (χ3v) is 8.06. The standard InChI is InChI=1S/C26H29ClN4O2S/c1-2-3-4-18-5-8-21(9-6-18)31-17-19(15-24(31)32)25(33)29-11-13-30(14-12-29)26-28-22-10-7-20(27)16-23(22)34-26/h5-10,16,19H,2-4,11-15,17H2,1H3. The Balaban J connectivity index is 1.18. The molecule has 2 fully saturated rings. The summed E-state index contributed by atoms with van der Waals surface area (Å²) in [6.45, 7) is 5.42. The average molecular weight is 497 g/mol. The summed E-state index contributed by atoms with van der Waals surface area (Å²) < 4.78 is 1.07. The molecule has 0 bridgehead atoms. The number of rotatable bonds is 6. The predicted molar refractivity (Wildman–Crippen MR) is 139 cm³/mol. The number of hydrogen-bond acceptors (Lipinski definition) is 5. The van der Waals surface area contributed by atoms with Crippen LogP contribution in [0.5, 0.6) is 0 Å². The number of anilines is 2. The number of aryl methyl sites for hydroxylation is 1. The van der Waals surface area contributed by atoms with Crippen LogP contribution in [0.2, 0.25) is 5.02 Å². The van der Waals surface area contributed by atoms with E-state index < -0.39 is 0 Å². The van der Waals surface area contributed by atoms with Gasteiger partial charge in [0.2, 0.25) is 11.8 Å². The van der Waals surface area contributed by atoms with Crippen LogP contribution in [0.4, 0.5) is 10.8 Å². The number of unbranched alkanes of at least 4 members (excludes halogenated alkanes) is 1. The lowest BCUT2D eigenvalue weighted by molar-refractivity contribution is -0.136. The molecule has 0 spiro atoms. The molecule has 5 rings (SSSR count). The molecular weight excluding hydrogens is 468 g/mol. The van der Waals surface area contributed by atoms with Gasteiger partial charge in [0.1, 0.15) is 0 Å². The van der Waals surface area contributed by atoms with Gasteiger partial charge in [-0.25, -0.2) is 4.98 Å². The first kappa shape index (κ1) is 23.1. The molecule has 0 saturated carbocycles. The Labute approximate surface area is 209 Å². The van der Waals surface area contributed by atoms with Crippen molar-refractivity contribution in [1.29, 1.82) is 0 Å². The smallest absolute Gasteiger partial charge is 0.228 e. The van der Waals surface area contributed by atoms with Gasteiger partial charge in [-0.15, -0.1) is 0 Å². The molecule has 0 radical (unpaired) electrons. The van der Waals surface area contributed by atoms with Gasteiger partial charge in [0.05, 0.1) is 16.1 Å².